The number of aryl methyl sites for hydroxylation is 1. The highest BCUT2D eigenvalue weighted by molar-refractivity contribution is 7.90. The van der Waals surface area contributed by atoms with Crippen LogP contribution in [0.2, 0.25) is 0 Å². The number of hydrogen-bond acceptors (Lipinski definition) is 4. The Morgan fingerprint density at radius 3 is 2.48 bits per heavy atom. The van der Waals surface area contributed by atoms with E-state index < -0.39 is 15.8 Å². The Labute approximate surface area is 158 Å². The minimum atomic E-state index is -3.60. The van der Waals surface area contributed by atoms with Crippen LogP contribution in [0.25, 0.3) is 0 Å². The number of carbonyl (C=O) groups is 2. The summed E-state index contributed by atoms with van der Waals surface area (Å²) in [5.41, 5.74) is 2.39. The van der Waals surface area contributed by atoms with E-state index in [-0.39, 0.29) is 28.0 Å². The zero-order valence-electron chi connectivity index (χ0n) is 14.9. The molecule has 0 heterocycles. The molecule has 1 amide bonds. The van der Waals surface area contributed by atoms with Crippen LogP contribution in [0.15, 0.2) is 47.4 Å². The van der Waals surface area contributed by atoms with Crippen LogP contribution in [0.1, 0.15) is 34.3 Å². The monoisotopic (exact) mass is 387 g/mol. The normalized spacial score (nSPS) is 16.9. The maximum absolute atomic E-state index is 12.8. The lowest BCUT2D eigenvalue weighted by Gasteiger charge is -2.16. The van der Waals surface area contributed by atoms with Gasteiger partial charge in [-0.2, -0.15) is 0 Å². The minimum absolute atomic E-state index is 0.135. The van der Waals surface area contributed by atoms with Crippen LogP contribution in [-0.2, 0) is 27.5 Å². The second-order valence-corrected chi connectivity index (χ2v) is 8.89. The van der Waals surface area contributed by atoms with Crippen LogP contribution in [-0.4, -0.2) is 31.7 Å². The van der Waals surface area contributed by atoms with Crippen molar-refractivity contribution >= 4 is 27.4 Å². The summed E-state index contributed by atoms with van der Waals surface area (Å²) in [6, 6.07) is 11.7. The SMILES string of the molecule is CS(=O)(=O)c1cc(NC(=O)C2CCCc3ccccc3C2)cc(C(=O)O)c1. The summed E-state index contributed by atoms with van der Waals surface area (Å²) in [5, 5.41) is 11.9. The van der Waals surface area contributed by atoms with Gasteiger partial charge in [-0.15, -0.1) is 0 Å². The number of carboxylic acid groups (broad SMARTS) is 1. The highest BCUT2D eigenvalue weighted by Crippen LogP contribution is 2.26. The van der Waals surface area contributed by atoms with E-state index in [9.17, 15) is 23.1 Å². The van der Waals surface area contributed by atoms with Gasteiger partial charge in [-0.25, -0.2) is 13.2 Å². The zero-order valence-corrected chi connectivity index (χ0v) is 15.8. The summed E-state index contributed by atoms with van der Waals surface area (Å²) < 4.78 is 23.6. The molecule has 1 aliphatic rings. The summed E-state index contributed by atoms with van der Waals surface area (Å²) in [6.45, 7) is 0. The smallest absolute Gasteiger partial charge is 0.335 e. The van der Waals surface area contributed by atoms with E-state index in [1.807, 2.05) is 18.2 Å². The van der Waals surface area contributed by atoms with E-state index >= 15 is 0 Å². The quantitative estimate of drug-likeness (QED) is 0.786. The van der Waals surface area contributed by atoms with Crippen LogP contribution in [0.5, 0.6) is 0 Å². The third-order valence-corrected chi connectivity index (χ3v) is 5.90. The molecule has 2 aromatic carbocycles. The van der Waals surface area contributed by atoms with Gasteiger partial charge in [0, 0.05) is 17.9 Å². The standard InChI is InChI=1S/C20H21NO5S/c1-27(25,26)18-11-16(20(23)24)10-17(12-18)21-19(22)15-8-4-7-13-5-2-3-6-14(13)9-15/h2-3,5-6,10-12,15H,4,7-9H2,1H3,(H,21,22)(H,23,24). The molecule has 0 aromatic heterocycles. The minimum Gasteiger partial charge on any atom is -0.478 e. The second-order valence-electron chi connectivity index (χ2n) is 6.87. The number of hydrogen-bond donors (Lipinski definition) is 2. The van der Waals surface area contributed by atoms with Crippen molar-refractivity contribution in [2.75, 3.05) is 11.6 Å². The predicted molar refractivity (Wildman–Crippen MR) is 102 cm³/mol. The molecule has 0 saturated heterocycles. The van der Waals surface area contributed by atoms with Crippen LogP contribution >= 0.6 is 0 Å². The molecule has 0 spiro atoms. The van der Waals surface area contributed by atoms with Crippen LogP contribution in [0.4, 0.5) is 5.69 Å². The third-order valence-electron chi connectivity index (χ3n) is 4.80. The van der Waals surface area contributed by atoms with E-state index in [1.54, 1.807) is 0 Å². The average molecular weight is 387 g/mol. The molecule has 0 fully saturated rings. The number of rotatable bonds is 4. The fourth-order valence-corrected chi connectivity index (χ4v) is 4.07. The summed E-state index contributed by atoms with van der Waals surface area (Å²) in [4.78, 5) is 23.9. The van der Waals surface area contributed by atoms with Gasteiger partial charge in [-0.05, 0) is 55.0 Å². The number of fused-ring (bicyclic) bond motifs is 1. The molecule has 2 N–H and O–H groups in total. The average Bonchev–Trinajstić information content (AvgIpc) is 2.83. The molecule has 142 valence electrons. The lowest BCUT2D eigenvalue weighted by molar-refractivity contribution is -0.120. The molecule has 1 atom stereocenters. The van der Waals surface area contributed by atoms with Gasteiger partial charge in [0.1, 0.15) is 0 Å². The van der Waals surface area contributed by atoms with Crippen LogP contribution in [0, 0.1) is 5.92 Å². The van der Waals surface area contributed by atoms with Gasteiger partial charge in [0.25, 0.3) is 0 Å². The molecule has 1 unspecified atom stereocenters. The number of carboxylic acids is 1. The largest absolute Gasteiger partial charge is 0.478 e. The first-order valence-electron chi connectivity index (χ1n) is 8.70. The Morgan fingerprint density at radius 1 is 1.11 bits per heavy atom. The van der Waals surface area contributed by atoms with E-state index in [1.165, 1.54) is 17.7 Å². The van der Waals surface area contributed by atoms with Crippen LogP contribution < -0.4 is 5.32 Å². The van der Waals surface area contributed by atoms with E-state index in [4.69, 9.17) is 0 Å². The summed E-state index contributed by atoms with van der Waals surface area (Å²) in [6.07, 6.45) is 4.14. The Bertz CT molecular complexity index is 997. The van der Waals surface area contributed by atoms with E-state index in [2.05, 4.69) is 11.4 Å². The molecule has 2 aromatic rings. The summed E-state index contributed by atoms with van der Waals surface area (Å²) in [5.74, 6) is -1.73. The van der Waals surface area contributed by atoms with Crippen molar-refractivity contribution in [3.8, 4) is 0 Å². The second kappa shape index (κ2) is 7.52. The molecule has 0 bridgehead atoms. The molecular weight excluding hydrogens is 366 g/mol. The maximum atomic E-state index is 12.8. The van der Waals surface area contributed by atoms with Gasteiger partial charge < -0.3 is 10.4 Å². The Balaban J connectivity index is 1.85. The highest BCUT2D eigenvalue weighted by Gasteiger charge is 2.24. The van der Waals surface area contributed by atoms with Crippen molar-refractivity contribution in [3.05, 3.63) is 59.2 Å². The van der Waals surface area contributed by atoms with Crippen molar-refractivity contribution < 1.29 is 23.1 Å². The molecular formula is C20H21NO5S. The van der Waals surface area contributed by atoms with Gasteiger partial charge in [-0.1, -0.05) is 24.3 Å². The van der Waals surface area contributed by atoms with Crippen molar-refractivity contribution in [1.82, 2.24) is 0 Å². The highest BCUT2D eigenvalue weighted by atomic mass is 32.2. The topological polar surface area (TPSA) is 101 Å². The molecule has 0 aliphatic heterocycles. The first kappa shape index (κ1) is 19.1. The lowest BCUT2D eigenvalue weighted by Crippen LogP contribution is -2.24. The molecule has 0 radical (unpaired) electrons. The Kier molecular flexibility index (Phi) is 5.32. The first-order valence-corrected chi connectivity index (χ1v) is 10.6. The lowest BCUT2D eigenvalue weighted by atomic mass is 9.96. The molecule has 1 aliphatic carbocycles. The number of nitrogens with one attached hydrogen (secondary N) is 1. The number of amides is 1. The third kappa shape index (κ3) is 4.54. The first-order chi connectivity index (χ1) is 12.7. The number of aromatic carboxylic acids is 1. The molecule has 0 saturated carbocycles. The van der Waals surface area contributed by atoms with Crippen molar-refractivity contribution in [2.45, 2.75) is 30.6 Å². The molecule has 7 heteroatoms. The van der Waals surface area contributed by atoms with Gasteiger partial charge in [-0.3, -0.25) is 4.79 Å². The number of benzene rings is 2. The fourth-order valence-electron chi connectivity index (χ4n) is 3.38. The fraction of sp³-hybridized carbons (Fsp3) is 0.300. The van der Waals surface area contributed by atoms with E-state index in [0.717, 1.165) is 37.1 Å². The Morgan fingerprint density at radius 2 is 1.81 bits per heavy atom. The molecule has 6 nitrogen and oxygen atoms in total. The van der Waals surface area contributed by atoms with Gasteiger partial charge >= 0.3 is 5.97 Å². The number of sulfone groups is 1. The summed E-state index contributed by atoms with van der Waals surface area (Å²) in [7, 11) is -3.60. The van der Waals surface area contributed by atoms with Crippen molar-refractivity contribution in [1.29, 1.82) is 0 Å². The van der Waals surface area contributed by atoms with Gasteiger partial charge in [0.05, 0.1) is 10.5 Å². The molecule has 3 rings (SSSR count). The number of carbonyl (C=O) groups excluding carboxylic acids is 1. The van der Waals surface area contributed by atoms with E-state index in [0.29, 0.717) is 6.42 Å². The Hall–Kier alpha value is -2.67. The zero-order chi connectivity index (χ0) is 19.6. The maximum Gasteiger partial charge on any atom is 0.335 e. The summed E-state index contributed by atoms with van der Waals surface area (Å²) >= 11 is 0. The number of anilines is 1. The van der Waals surface area contributed by atoms with Gasteiger partial charge in [0.2, 0.25) is 5.91 Å². The van der Waals surface area contributed by atoms with Crippen molar-refractivity contribution in [2.24, 2.45) is 5.92 Å². The molecule has 27 heavy (non-hydrogen) atoms. The predicted octanol–water partition coefficient (Wildman–Crippen LogP) is 2.92. The van der Waals surface area contributed by atoms with Gasteiger partial charge in [0.15, 0.2) is 9.84 Å². The van der Waals surface area contributed by atoms with Crippen LogP contribution in [0.3, 0.4) is 0 Å². The van der Waals surface area contributed by atoms with Crippen molar-refractivity contribution in [3.63, 3.8) is 0 Å².